The standard InChI is InChI=1S/C15H13BrN2O3/c16-12-3-1-10-6-13(4-2-9(10)5-12)17-15(21)18-7-11(8-18)14(19)20/h1-6,11H,7-8H2,(H,17,21)(H,19,20). The van der Waals surface area contributed by atoms with Gasteiger partial charge in [0, 0.05) is 23.2 Å². The van der Waals surface area contributed by atoms with Crippen LogP contribution < -0.4 is 5.32 Å². The summed E-state index contributed by atoms with van der Waals surface area (Å²) in [7, 11) is 0. The maximum absolute atomic E-state index is 12.0. The summed E-state index contributed by atoms with van der Waals surface area (Å²) in [5.41, 5.74) is 0.702. The molecule has 6 heteroatoms. The molecule has 0 atom stereocenters. The van der Waals surface area contributed by atoms with Crippen LogP contribution >= 0.6 is 15.9 Å². The van der Waals surface area contributed by atoms with Gasteiger partial charge in [0.15, 0.2) is 0 Å². The zero-order valence-corrected chi connectivity index (χ0v) is 12.6. The number of aliphatic carboxylic acids is 1. The number of hydrogen-bond acceptors (Lipinski definition) is 2. The molecule has 3 rings (SSSR count). The van der Waals surface area contributed by atoms with Crippen molar-refractivity contribution in [1.82, 2.24) is 4.90 Å². The van der Waals surface area contributed by atoms with Crippen molar-refractivity contribution in [3.8, 4) is 0 Å². The Morgan fingerprint density at radius 1 is 1.14 bits per heavy atom. The number of nitrogens with zero attached hydrogens (tertiary/aromatic N) is 1. The summed E-state index contributed by atoms with van der Waals surface area (Å²) in [6.07, 6.45) is 0. The summed E-state index contributed by atoms with van der Waals surface area (Å²) in [6.45, 7) is 0.531. The lowest BCUT2D eigenvalue weighted by molar-refractivity contribution is -0.145. The second-order valence-corrected chi connectivity index (χ2v) is 5.99. The van der Waals surface area contributed by atoms with Gasteiger partial charge in [0.25, 0.3) is 0 Å². The molecule has 0 unspecified atom stereocenters. The number of carbonyl (C=O) groups excluding carboxylic acids is 1. The molecule has 0 bridgehead atoms. The van der Waals surface area contributed by atoms with E-state index in [4.69, 9.17) is 5.11 Å². The van der Waals surface area contributed by atoms with Crippen LogP contribution in [0.25, 0.3) is 10.8 Å². The first-order chi connectivity index (χ1) is 10.0. The third kappa shape index (κ3) is 2.85. The van der Waals surface area contributed by atoms with Crippen LogP contribution in [0.2, 0.25) is 0 Å². The van der Waals surface area contributed by atoms with E-state index in [1.807, 2.05) is 36.4 Å². The number of halogens is 1. The Labute approximate surface area is 129 Å². The van der Waals surface area contributed by atoms with Crippen LogP contribution in [-0.4, -0.2) is 35.1 Å². The molecule has 0 saturated carbocycles. The molecule has 1 heterocycles. The van der Waals surface area contributed by atoms with Crippen molar-refractivity contribution in [3.63, 3.8) is 0 Å². The van der Waals surface area contributed by atoms with E-state index in [-0.39, 0.29) is 19.1 Å². The highest BCUT2D eigenvalue weighted by molar-refractivity contribution is 9.10. The van der Waals surface area contributed by atoms with Gasteiger partial charge >= 0.3 is 12.0 Å². The van der Waals surface area contributed by atoms with Crippen LogP contribution in [0.1, 0.15) is 0 Å². The van der Waals surface area contributed by atoms with Crippen LogP contribution in [0.15, 0.2) is 40.9 Å². The normalized spacial score (nSPS) is 14.8. The van der Waals surface area contributed by atoms with Gasteiger partial charge in [0.1, 0.15) is 0 Å². The zero-order valence-electron chi connectivity index (χ0n) is 11.0. The molecule has 108 valence electrons. The van der Waals surface area contributed by atoms with Crippen molar-refractivity contribution in [2.45, 2.75) is 0 Å². The Hall–Kier alpha value is -2.08. The van der Waals surface area contributed by atoms with Crippen molar-refractivity contribution in [1.29, 1.82) is 0 Å². The quantitative estimate of drug-likeness (QED) is 0.875. The Bertz CT molecular complexity index is 726. The third-order valence-corrected chi connectivity index (χ3v) is 4.06. The van der Waals surface area contributed by atoms with Crippen LogP contribution in [0, 0.1) is 5.92 Å². The van der Waals surface area contributed by atoms with E-state index in [1.165, 1.54) is 4.90 Å². The number of nitrogens with one attached hydrogen (secondary N) is 1. The van der Waals surface area contributed by atoms with Crippen molar-refractivity contribution in [3.05, 3.63) is 40.9 Å². The highest BCUT2D eigenvalue weighted by Gasteiger charge is 2.35. The number of urea groups is 1. The monoisotopic (exact) mass is 348 g/mol. The summed E-state index contributed by atoms with van der Waals surface area (Å²) in [5, 5.41) is 13.7. The molecule has 21 heavy (non-hydrogen) atoms. The molecule has 0 aliphatic carbocycles. The van der Waals surface area contributed by atoms with E-state index in [0.29, 0.717) is 5.69 Å². The fraction of sp³-hybridized carbons (Fsp3) is 0.200. The van der Waals surface area contributed by atoms with Crippen molar-refractivity contribution in [2.75, 3.05) is 18.4 Å². The first-order valence-electron chi connectivity index (χ1n) is 6.51. The molecule has 2 N–H and O–H groups in total. The van der Waals surface area contributed by atoms with Gasteiger partial charge in [-0.15, -0.1) is 0 Å². The highest BCUT2D eigenvalue weighted by atomic mass is 79.9. The second-order valence-electron chi connectivity index (χ2n) is 5.08. The van der Waals surface area contributed by atoms with Gasteiger partial charge in [-0.05, 0) is 35.0 Å². The lowest BCUT2D eigenvalue weighted by Crippen LogP contribution is -2.54. The SMILES string of the molecule is O=C(O)C1CN(C(=O)Nc2ccc3cc(Br)ccc3c2)C1. The number of rotatable bonds is 2. The van der Waals surface area contributed by atoms with Crippen LogP contribution in [0.3, 0.4) is 0 Å². The zero-order chi connectivity index (χ0) is 15.0. The average Bonchev–Trinajstić information content (AvgIpc) is 2.36. The van der Waals surface area contributed by atoms with Crippen molar-refractivity contribution >= 4 is 44.4 Å². The number of carboxylic acids is 1. The summed E-state index contributed by atoms with van der Waals surface area (Å²) >= 11 is 3.42. The molecule has 2 aromatic rings. The summed E-state index contributed by atoms with van der Waals surface area (Å²) in [4.78, 5) is 24.2. The Balaban J connectivity index is 1.69. The summed E-state index contributed by atoms with van der Waals surface area (Å²) in [6, 6.07) is 11.3. The summed E-state index contributed by atoms with van der Waals surface area (Å²) in [5.74, 6) is -1.29. The third-order valence-electron chi connectivity index (χ3n) is 3.57. The predicted molar refractivity (Wildman–Crippen MR) is 83.4 cm³/mol. The van der Waals surface area contributed by atoms with Gasteiger partial charge in [-0.3, -0.25) is 4.79 Å². The molecular formula is C15H13BrN2O3. The smallest absolute Gasteiger partial charge is 0.321 e. The van der Waals surface area contributed by atoms with Gasteiger partial charge in [-0.2, -0.15) is 0 Å². The molecule has 1 aliphatic rings. The van der Waals surface area contributed by atoms with Gasteiger partial charge in [-0.25, -0.2) is 4.79 Å². The van der Waals surface area contributed by atoms with Gasteiger partial charge in [0.2, 0.25) is 0 Å². The number of fused-ring (bicyclic) bond motifs is 1. The molecule has 5 nitrogen and oxygen atoms in total. The minimum absolute atomic E-state index is 0.260. The molecular weight excluding hydrogens is 336 g/mol. The maximum Gasteiger partial charge on any atom is 0.321 e. The number of benzene rings is 2. The number of carboxylic acid groups (broad SMARTS) is 1. The molecule has 0 aromatic heterocycles. The molecule has 0 radical (unpaired) electrons. The van der Waals surface area contributed by atoms with Crippen LogP contribution in [-0.2, 0) is 4.79 Å². The molecule has 2 aromatic carbocycles. The average molecular weight is 349 g/mol. The van der Waals surface area contributed by atoms with E-state index < -0.39 is 11.9 Å². The second kappa shape index (κ2) is 5.37. The number of hydrogen-bond donors (Lipinski definition) is 2. The first kappa shape index (κ1) is 13.9. The van der Waals surface area contributed by atoms with E-state index in [2.05, 4.69) is 21.2 Å². The largest absolute Gasteiger partial charge is 0.481 e. The number of carbonyl (C=O) groups is 2. The van der Waals surface area contributed by atoms with Crippen molar-refractivity contribution < 1.29 is 14.7 Å². The first-order valence-corrected chi connectivity index (χ1v) is 7.30. The van der Waals surface area contributed by atoms with E-state index in [9.17, 15) is 9.59 Å². The maximum atomic E-state index is 12.0. The van der Waals surface area contributed by atoms with E-state index >= 15 is 0 Å². The fourth-order valence-electron chi connectivity index (χ4n) is 2.30. The van der Waals surface area contributed by atoms with Gasteiger partial charge in [0.05, 0.1) is 5.92 Å². The lowest BCUT2D eigenvalue weighted by atomic mass is 10.0. The van der Waals surface area contributed by atoms with Gasteiger partial charge < -0.3 is 15.3 Å². The Morgan fingerprint density at radius 3 is 2.52 bits per heavy atom. The molecule has 1 aliphatic heterocycles. The van der Waals surface area contributed by atoms with Crippen LogP contribution in [0.5, 0.6) is 0 Å². The van der Waals surface area contributed by atoms with E-state index in [1.54, 1.807) is 0 Å². The number of amides is 2. The van der Waals surface area contributed by atoms with Crippen LogP contribution in [0.4, 0.5) is 10.5 Å². The minimum atomic E-state index is -0.852. The fourth-order valence-corrected chi connectivity index (χ4v) is 2.68. The summed E-state index contributed by atoms with van der Waals surface area (Å²) < 4.78 is 1.01. The molecule has 1 saturated heterocycles. The van der Waals surface area contributed by atoms with E-state index in [0.717, 1.165) is 15.2 Å². The minimum Gasteiger partial charge on any atom is -0.481 e. The van der Waals surface area contributed by atoms with Crippen molar-refractivity contribution in [2.24, 2.45) is 5.92 Å². The molecule has 0 spiro atoms. The Morgan fingerprint density at radius 2 is 1.81 bits per heavy atom. The lowest BCUT2D eigenvalue weighted by Gasteiger charge is -2.36. The number of likely N-dealkylation sites (tertiary alicyclic amines) is 1. The molecule has 1 fully saturated rings. The Kier molecular flexibility index (Phi) is 3.55. The highest BCUT2D eigenvalue weighted by Crippen LogP contribution is 2.24. The topological polar surface area (TPSA) is 69.6 Å². The predicted octanol–water partition coefficient (Wildman–Crippen LogP) is 3.15. The van der Waals surface area contributed by atoms with Gasteiger partial charge in [-0.1, -0.05) is 28.1 Å². The number of anilines is 1. The molecule has 2 amide bonds.